The molecular weight excluding hydrogens is 324 g/mol. The Morgan fingerprint density at radius 2 is 2.25 bits per heavy atom. The Morgan fingerprint density at radius 3 is 2.88 bits per heavy atom. The highest BCUT2D eigenvalue weighted by molar-refractivity contribution is 7.11. The molecule has 0 radical (unpaired) electrons. The first-order valence-corrected chi connectivity index (χ1v) is 9.49. The van der Waals surface area contributed by atoms with Crippen LogP contribution in [0.25, 0.3) is 0 Å². The number of aromatic nitrogens is 1. The van der Waals surface area contributed by atoms with E-state index in [1.165, 1.54) is 4.88 Å². The molecule has 1 unspecified atom stereocenters. The van der Waals surface area contributed by atoms with Gasteiger partial charge in [-0.1, -0.05) is 0 Å². The van der Waals surface area contributed by atoms with Crippen LogP contribution in [0.4, 0.5) is 0 Å². The molecule has 1 aliphatic heterocycles. The molecule has 1 N–H and O–H groups in total. The van der Waals surface area contributed by atoms with Crippen LogP contribution in [0.2, 0.25) is 0 Å². The molecule has 2 heterocycles. The normalized spacial score (nSPS) is 18.6. The Hall–Kier alpha value is -1.63. The minimum Gasteiger partial charge on any atom is -0.466 e. The van der Waals surface area contributed by atoms with E-state index in [4.69, 9.17) is 9.73 Å². The maximum Gasteiger partial charge on any atom is 0.310 e. The van der Waals surface area contributed by atoms with Crippen molar-refractivity contribution in [2.45, 2.75) is 47.1 Å². The first kappa shape index (κ1) is 18.7. The summed E-state index contributed by atoms with van der Waals surface area (Å²) >= 11 is 1.69. The molecule has 1 atom stereocenters. The van der Waals surface area contributed by atoms with Crippen LogP contribution < -0.4 is 5.32 Å². The van der Waals surface area contributed by atoms with Gasteiger partial charge in [-0.05, 0) is 40.5 Å². The molecule has 7 heteroatoms. The topological polar surface area (TPSA) is 66.8 Å². The quantitative estimate of drug-likeness (QED) is 0.501. The number of likely N-dealkylation sites (tertiary alicyclic amines) is 1. The summed E-state index contributed by atoms with van der Waals surface area (Å²) in [5, 5.41) is 4.36. The molecule has 1 aromatic heterocycles. The van der Waals surface area contributed by atoms with Crippen LogP contribution in [-0.2, 0) is 16.1 Å². The Bertz CT molecular complexity index is 566. The molecular formula is C17H28N4O2S. The van der Waals surface area contributed by atoms with E-state index in [1.807, 2.05) is 13.8 Å². The molecule has 134 valence electrons. The van der Waals surface area contributed by atoms with Gasteiger partial charge < -0.3 is 15.0 Å². The number of guanidine groups is 1. The molecule has 2 rings (SSSR count). The summed E-state index contributed by atoms with van der Waals surface area (Å²) in [4.78, 5) is 24.7. The van der Waals surface area contributed by atoms with Gasteiger partial charge >= 0.3 is 5.97 Å². The lowest BCUT2D eigenvalue weighted by atomic mass is 9.98. The zero-order chi connectivity index (χ0) is 17.5. The Labute approximate surface area is 148 Å². The van der Waals surface area contributed by atoms with Crippen molar-refractivity contribution in [1.29, 1.82) is 0 Å². The number of hydrogen-bond donors (Lipinski definition) is 1. The molecule has 0 amide bonds. The van der Waals surface area contributed by atoms with Gasteiger partial charge in [0, 0.05) is 24.5 Å². The van der Waals surface area contributed by atoms with E-state index in [0.717, 1.165) is 42.6 Å². The van der Waals surface area contributed by atoms with Gasteiger partial charge in [0.15, 0.2) is 5.96 Å². The molecule has 1 fully saturated rings. The van der Waals surface area contributed by atoms with Crippen molar-refractivity contribution < 1.29 is 9.53 Å². The molecule has 0 spiro atoms. The molecule has 1 aromatic rings. The third-order valence-corrected chi connectivity index (χ3v) is 5.17. The number of carbonyl (C=O) groups excluding carboxylic acids is 1. The Morgan fingerprint density at radius 1 is 1.46 bits per heavy atom. The number of piperidine rings is 1. The lowest BCUT2D eigenvalue weighted by molar-refractivity contribution is -0.149. The van der Waals surface area contributed by atoms with Crippen LogP contribution in [0, 0.1) is 19.8 Å². The number of aryl methyl sites for hydroxylation is 2. The van der Waals surface area contributed by atoms with Crippen LogP contribution in [-0.4, -0.2) is 48.1 Å². The minimum absolute atomic E-state index is 0.0630. The standard InChI is InChI=1S/C17H28N4O2S/c1-5-18-17(19-10-15-20-12(3)13(4)24-15)21-9-7-8-14(11-21)16(22)23-6-2/h14H,5-11H2,1-4H3,(H,18,19). The van der Waals surface area contributed by atoms with Crippen molar-refractivity contribution in [3.8, 4) is 0 Å². The number of nitrogens with zero attached hydrogens (tertiary/aromatic N) is 3. The summed E-state index contributed by atoms with van der Waals surface area (Å²) in [5.41, 5.74) is 1.08. The number of nitrogens with one attached hydrogen (secondary N) is 1. The monoisotopic (exact) mass is 352 g/mol. The smallest absolute Gasteiger partial charge is 0.310 e. The summed E-state index contributed by atoms with van der Waals surface area (Å²) in [6.07, 6.45) is 1.86. The van der Waals surface area contributed by atoms with Crippen molar-refractivity contribution in [2.75, 3.05) is 26.2 Å². The minimum atomic E-state index is -0.0933. The van der Waals surface area contributed by atoms with Crippen molar-refractivity contribution in [3.63, 3.8) is 0 Å². The second-order valence-corrected chi connectivity index (χ2v) is 7.24. The lowest BCUT2D eigenvalue weighted by Crippen LogP contribution is -2.48. The second kappa shape index (κ2) is 9.01. The van der Waals surface area contributed by atoms with E-state index in [1.54, 1.807) is 11.3 Å². The first-order valence-electron chi connectivity index (χ1n) is 8.67. The summed E-state index contributed by atoms with van der Waals surface area (Å²) in [5.74, 6) is 0.702. The SMILES string of the molecule is CCNC(=NCc1nc(C)c(C)s1)N1CCCC(C(=O)OCC)C1. The van der Waals surface area contributed by atoms with E-state index in [2.05, 4.69) is 29.0 Å². The van der Waals surface area contributed by atoms with E-state index < -0.39 is 0 Å². The highest BCUT2D eigenvalue weighted by atomic mass is 32.1. The van der Waals surface area contributed by atoms with Crippen LogP contribution in [0.1, 0.15) is 42.3 Å². The van der Waals surface area contributed by atoms with Gasteiger partial charge in [-0.2, -0.15) is 0 Å². The number of ether oxygens (including phenoxy) is 1. The van der Waals surface area contributed by atoms with E-state index >= 15 is 0 Å². The number of rotatable bonds is 5. The van der Waals surface area contributed by atoms with Crippen LogP contribution in [0.5, 0.6) is 0 Å². The van der Waals surface area contributed by atoms with Gasteiger partial charge in [-0.15, -0.1) is 11.3 Å². The van der Waals surface area contributed by atoms with Crippen molar-refractivity contribution in [3.05, 3.63) is 15.6 Å². The average Bonchev–Trinajstić information content (AvgIpc) is 2.90. The number of carbonyl (C=O) groups is 1. The fraction of sp³-hybridized carbons (Fsp3) is 0.706. The fourth-order valence-electron chi connectivity index (χ4n) is 2.80. The average molecular weight is 353 g/mol. The Kier molecular flexibility index (Phi) is 7.02. The molecule has 0 bridgehead atoms. The number of aliphatic imine (C=N–C) groups is 1. The zero-order valence-electron chi connectivity index (χ0n) is 15.1. The molecule has 6 nitrogen and oxygen atoms in total. The first-order chi connectivity index (χ1) is 11.5. The van der Waals surface area contributed by atoms with Crippen molar-refractivity contribution >= 4 is 23.3 Å². The van der Waals surface area contributed by atoms with Gasteiger partial charge in [0.25, 0.3) is 0 Å². The largest absolute Gasteiger partial charge is 0.466 e. The molecule has 1 saturated heterocycles. The molecule has 24 heavy (non-hydrogen) atoms. The summed E-state index contributed by atoms with van der Waals surface area (Å²) in [6.45, 7) is 11.4. The number of esters is 1. The summed E-state index contributed by atoms with van der Waals surface area (Å²) < 4.78 is 5.18. The molecule has 0 saturated carbocycles. The van der Waals surface area contributed by atoms with E-state index in [-0.39, 0.29) is 11.9 Å². The Balaban J connectivity index is 2.05. The predicted molar refractivity (Wildman–Crippen MR) is 97.3 cm³/mol. The zero-order valence-corrected chi connectivity index (χ0v) is 15.9. The number of thiazole rings is 1. The van der Waals surface area contributed by atoms with Gasteiger partial charge in [-0.3, -0.25) is 4.79 Å². The summed E-state index contributed by atoms with van der Waals surface area (Å²) in [6, 6.07) is 0. The van der Waals surface area contributed by atoms with Crippen LogP contribution in [0.15, 0.2) is 4.99 Å². The molecule has 0 aromatic carbocycles. The van der Waals surface area contributed by atoms with Gasteiger partial charge in [0.1, 0.15) is 5.01 Å². The van der Waals surface area contributed by atoms with Crippen LogP contribution >= 0.6 is 11.3 Å². The fourth-order valence-corrected chi connectivity index (χ4v) is 3.66. The second-order valence-electron chi connectivity index (χ2n) is 5.96. The maximum atomic E-state index is 12.0. The summed E-state index contributed by atoms with van der Waals surface area (Å²) in [7, 11) is 0. The van der Waals surface area contributed by atoms with Gasteiger partial charge in [-0.25, -0.2) is 9.98 Å². The van der Waals surface area contributed by atoms with E-state index in [9.17, 15) is 4.79 Å². The van der Waals surface area contributed by atoms with Gasteiger partial charge in [0.05, 0.1) is 24.8 Å². The third-order valence-electron chi connectivity index (χ3n) is 4.11. The highest BCUT2D eigenvalue weighted by Crippen LogP contribution is 2.20. The lowest BCUT2D eigenvalue weighted by Gasteiger charge is -2.33. The van der Waals surface area contributed by atoms with Gasteiger partial charge in [0.2, 0.25) is 0 Å². The maximum absolute atomic E-state index is 12.0. The van der Waals surface area contributed by atoms with Crippen molar-refractivity contribution in [2.24, 2.45) is 10.9 Å². The van der Waals surface area contributed by atoms with Crippen molar-refractivity contribution in [1.82, 2.24) is 15.2 Å². The van der Waals surface area contributed by atoms with E-state index in [0.29, 0.717) is 19.7 Å². The number of hydrogen-bond acceptors (Lipinski definition) is 5. The molecule has 0 aliphatic carbocycles. The third kappa shape index (κ3) is 4.93. The predicted octanol–water partition coefficient (Wildman–Crippen LogP) is 2.50. The highest BCUT2D eigenvalue weighted by Gasteiger charge is 2.28. The van der Waals surface area contributed by atoms with Crippen LogP contribution in [0.3, 0.4) is 0 Å². The molecule has 1 aliphatic rings.